The average molecular weight is 250 g/mol. The maximum absolute atomic E-state index is 11.6. The summed E-state index contributed by atoms with van der Waals surface area (Å²) in [5.41, 5.74) is 1.37. The number of nitrogens with zero attached hydrogens (tertiary/aromatic N) is 1. The molecule has 0 saturated carbocycles. The van der Waals surface area contributed by atoms with Crippen LogP contribution in [0, 0.1) is 5.92 Å². The van der Waals surface area contributed by atoms with Crippen LogP contribution in [0.3, 0.4) is 0 Å². The molecule has 0 bridgehead atoms. The minimum atomic E-state index is -0.135. The summed E-state index contributed by atoms with van der Waals surface area (Å²) in [4.78, 5) is 15.7. The number of carbonyl (C=O) groups is 1. The highest BCUT2D eigenvalue weighted by molar-refractivity contribution is 5.93. The molecule has 18 heavy (non-hydrogen) atoms. The smallest absolute Gasteiger partial charge is 0.269 e. The van der Waals surface area contributed by atoms with Gasteiger partial charge < -0.3 is 16.0 Å². The molecule has 0 aliphatic heterocycles. The van der Waals surface area contributed by atoms with Crippen molar-refractivity contribution in [1.29, 1.82) is 0 Å². The molecule has 5 heteroatoms. The van der Waals surface area contributed by atoms with Crippen LogP contribution in [0.25, 0.3) is 0 Å². The van der Waals surface area contributed by atoms with Gasteiger partial charge in [-0.05, 0) is 38.6 Å². The van der Waals surface area contributed by atoms with E-state index in [1.807, 2.05) is 20.0 Å². The first-order valence-electron chi connectivity index (χ1n) is 6.30. The van der Waals surface area contributed by atoms with Crippen LogP contribution in [0.2, 0.25) is 0 Å². The fraction of sp³-hybridized carbons (Fsp3) is 0.538. The van der Waals surface area contributed by atoms with E-state index in [-0.39, 0.29) is 5.91 Å². The number of amides is 1. The van der Waals surface area contributed by atoms with Crippen LogP contribution in [0.5, 0.6) is 0 Å². The molecule has 1 aromatic heterocycles. The highest BCUT2D eigenvalue weighted by atomic mass is 16.1. The number of aromatic nitrogens is 1. The Balaban J connectivity index is 2.56. The summed E-state index contributed by atoms with van der Waals surface area (Å²) in [6.07, 6.45) is 1.65. The molecular formula is C13H22N4O. The Morgan fingerprint density at radius 1 is 1.44 bits per heavy atom. The van der Waals surface area contributed by atoms with E-state index < -0.39 is 0 Å². The summed E-state index contributed by atoms with van der Waals surface area (Å²) < 4.78 is 0. The van der Waals surface area contributed by atoms with Crippen LogP contribution in [-0.4, -0.2) is 37.6 Å². The Labute approximate surface area is 108 Å². The Hall–Kier alpha value is -1.62. The first-order chi connectivity index (χ1) is 8.67. The molecule has 100 valence electrons. The number of rotatable bonds is 7. The lowest BCUT2D eigenvalue weighted by atomic mass is 10.2. The highest BCUT2D eigenvalue weighted by Crippen LogP contribution is 2.08. The van der Waals surface area contributed by atoms with Gasteiger partial charge in [-0.2, -0.15) is 0 Å². The monoisotopic (exact) mass is 250 g/mol. The molecule has 1 amide bonds. The maximum atomic E-state index is 11.6. The van der Waals surface area contributed by atoms with Gasteiger partial charge >= 0.3 is 0 Å². The Kier molecular flexibility index (Phi) is 6.14. The first kappa shape index (κ1) is 14.4. The molecule has 0 aliphatic rings. The van der Waals surface area contributed by atoms with Crippen LogP contribution < -0.4 is 16.0 Å². The number of carbonyl (C=O) groups excluding carboxylic acids is 1. The highest BCUT2D eigenvalue weighted by Gasteiger charge is 2.07. The van der Waals surface area contributed by atoms with Crippen molar-refractivity contribution in [3.8, 4) is 0 Å². The van der Waals surface area contributed by atoms with Gasteiger partial charge in [0.15, 0.2) is 0 Å². The summed E-state index contributed by atoms with van der Waals surface area (Å²) in [6.45, 7) is 6.48. The molecule has 0 fully saturated rings. The second-order valence-corrected chi connectivity index (χ2v) is 4.33. The van der Waals surface area contributed by atoms with Crippen LogP contribution in [0.15, 0.2) is 18.3 Å². The molecule has 0 aromatic carbocycles. The molecular weight excluding hydrogens is 228 g/mol. The Bertz CT molecular complexity index is 381. The molecule has 1 unspecified atom stereocenters. The van der Waals surface area contributed by atoms with E-state index in [1.54, 1.807) is 12.3 Å². The molecule has 0 saturated heterocycles. The largest absolute Gasteiger partial charge is 0.385 e. The van der Waals surface area contributed by atoms with Gasteiger partial charge in [0.25, 0.3) is 5.91 Å². The molecule has 1 atom stereocenters. The standard InChI is InChI=1S/C13H22N4O/c1-4-15-13(18)12-7-11(5-6-16-12)17-9-10(2)8-14-3/h5-7,10,14H,4,8-9H2,1-3H3,(H,15,18)(H,16,17). The molecule has 1 heterocycles. The second-order valence-electron chi connectivity index (χ2n) is 4.33. The van der Waals surface area contributed by atoms with Crippen molar-refractivity contribution in [3.63, 3.8) is 0 Å². The van der Waals surface area contributed by atoms with E-state index in [0.717, 1.165) is 18.8 Å². The molecule has 0 radical (unpaired) electrons. The van der Waals surface area contributed by atoms with Crippen molar-refractivity contribution >= 4 is 11.6 Å². The average Bonchev–Trinajstić information content (AvgIpc) is 2.37. The molecule has 5 nitrogen and oxygen atoms in total. The minimum Gasteiger partial charge on any atom is -0.385 e. The quantitative estimate of drug-likeness (QED) is 0.678. The zero-order valence-electron chi connectivity index (χ0n) is 11.3. The zero-order valence-corrected chi connectivity index (χ0v) is 11.3. The van der Waals surface area contributed by atoms with Gasteiger partial charge in [0.2, 0.25) is 0 Å². The predicted molar refractivity (Wildman–Crippen MR) is 73.8 cm³/mol. The summed E-state index contributed by atoms with van der Waals surface area (Å²) in [7, 11) is 1.94. The van der Waals surface area contributed by atoms with Crippen molar-refractivity contribution < 1.29 is 4.79 Å². The normalized spacial score (nSPS) is 11.9. The SMILES string of the molecule is CCNC(=O)c1cc(NCC(C)CNC)ccn1. The molecule has 3 N–H and O–H groups in total. The Morgan fingerprint density at radius 2 is 2.22 bits per heavy atom. The number of hydrogen-bond acceptors (Lipinski definition) is 4. The van der Waals surface area contributed by atoms with Gasteiger partial charge in [-0.15, -0.1) is 0 Å². The number of pyridine rings is 1. The number of nitrogens with one attached hydrogen (secondary N) is 3. The summed E-state index contributed by atoms with van der Waals surface area (Å²) >= 11 is 0. The topological polar surface area (TPSA) is 66.1 Å². The lowest BCUT2D eigenvalue weighted by molar-refractivity contribution is 0.0951. The van der Waals surface area contributed by atoms with Crippen LogP contribution in [0.1, 0.15) is 24.3 Å². The van der Waals surface area contributed by atoms with E-state index >= 15 is 0 Å². The number of anilines is 1. The van der Waals surface area contributed by atoms with Gasteiger partial charge in [-0.25, -0.2) is 0 Å². The van der Waals surface area contributed by atoms with E-state index in [0.29, 0.717) is 18.2 Å². The van der Waals surface area contributed by atoms with Gasteiger partial charge in [0.05, 0.1) is 0 Å². The summed E-state index contributed by atoms with van der Waals surface area (Å²) in [5, 5.41) is 9.18. The van der Waals surface area contributed by atoms with Gasteiger partial charge in [0.1, 0.15) is 5.69 Å². The summed E-state index contributed by atoms with van der Waals surface area (Å²) in [6, 6.07) is 3.64. The zero-order chi connectivity index (χ0) is 13.4. The van der Waals surface area contributed by atoms with Crippen LogP contribution >= 0.6 is 0 Å². The van der Waals surface area contributed by atoms with Crippen molar-refractivity contribution in [2.75, 3.05) is 32.0 Å². The van der Waals surface area contributed by atoms with E-state index in [1.165, 1.54) is 0 Å². The maximum Gasteiger partial charge on any atom is 0.269 e. The summed E-state index contributed by atoms with van der Waals surface area (Å²) in [5.74, 6) is 0.389. The number of hydrogen-bond donors (Lipinski definition) is 3. The predicted octanol–water partition coefficient (Wildman–Crippen LogP) is 1.10. The van der Waals surface area contributed by atoms with Crippen molar-refractivity contribution in [2.45, 2.75) is 13.8 Å². The van der Waals surface area contributed by atoms with Gasteiger partial charge in [0, 0.05) is 25.0 Å². The fourth-order valence-corrected chi connectivity index (χ4v) is 1.63. The lowest BCUT2D eigenvalue weighted by Gasteiger charge is -2.13. The van der Waals surface area contributed by atoms with Crippen molar-refractivity contribution in [2.24, 2.45) is 5.92 Å². The van der Waals surface area contributed by atoms with Gasteiger partial charge in [-0.3, -0.25) is 9.78 Å². The van der Waals surface area contributed by atoms with Crippen molar-refractivity contribution in [3.05, 3.63) is 24.0 Å². The second kappa shape index (κ2) is 7.66. The van der Waals surface area contributed by atoms with E-state index in [9.17, 15) is 4.79 Å². The lowest BCUT2D eigenvalue weighted by Crippen LogP contribution is -2.24. The molecule has 0 aliphatic carbocycles. The van der Waals surface area contributed by atoms with Crippen LogP contribution in [-0.2, 0) is 0 Å². The third-order valence-corrected chi connectivity index (χ3v) is 2.54. The fourth-order valence-electron chi connectivity index (χ4n) is 1.63. The Morgan fingerprint density at radius 3 is 2.89 bits per heavy atom. The molecule has 1 rings (SSSR count). The van der Waals surface area contributed by atoms with Crippen LogP contribution in [0.4, 0.5) is 5.69 Å². The van der Waals surface area contributed by atoms with Crippen molar-refractivity contribution in [1.82, 2.24) is 15.6 Å². The molecule has 0 spiro atoms. The minimum absolute atomic E-state index is 0.135. The van der Waals surface area contributed by atoms with E-state index in [4.69, 9.17) is 0 Å². The van der Waals surface area contributed by atoms with E-state index in [2.05, 4.69) is 27.9 Å². The first-order valence-corrected chi connectivity index (χ1v) is 6.30. The van der Waals surface area contributed by atoms with Gasteiger partial charge in [-0.1, -0.05) is 6.92 Å². The third kappa shape index (κ3) is 4.71. The third-order valence-electron chi connectivity index (χ3n) is 2.54. The molecule has 1 aromatic rings.